The minimum absolute atomic E-state index is 0.117. The zero-order valence-electron chi connectivity index (χ0n) is 31.6. The van der Waals surface area contributed by atoms with Crippen LogP contribution in [0.4, 0.5) is 21.2 Å². The van der Waals surface area contributed by atoms with Gasteiger partial charge in [-0.25, -0.2) is 29.2 Å². The Morgan fingerprint density at radius 2 is 1.96 bits per heavy atom. The van der Waals surface area contributed by atoms with Gasteiger partial charge in [0.05, 0.1) is 16.9 Å². The summed E-state index contributed by atoms with van der Waals surface area (Å²) in [6.07, 6.45) is 4.96. The summed E-state index contributed by atoms with van der Waals surface area (Å²) in [5.41, 5.74) is 1.71. The fraction of sp³-hybridized carbons (Fsp3) is 0.462. The monoisotopic (exact) mass is 801 g/mol. The standard InChI is InChI=1S/C39H44ClN9O6S/c1-23-18-28(46-55-23)39(22-48(37(51)52)20-24-10-6-5-7-11-24)25-14-16-47(21-26(25)39)29-19-42-32-34(43-29)49(30-12-8-9-17-53-30)45-35(32)56-27-13-15-41-33(31(27)40)44-36(50)54-38(2,3)4/h5-7,10-11,13,15,18-19,25-26,30H,8-9,12,14,16-17,20-22H2,1-4H3,(H,51,52)(H,41,44,50). The van der Waals surface area contributed by atoms with E-state index in [0.29, 0.717) is 58.9 Å². The quantitative estimate of drug-likeness (QED) is 0.139. The second-order valence-corrected chi connectivity index (χ2v) is 17.0. The van der Waals surface area contributed by atoms with Gasteiger partial charge in [-0.2, -0.15) is 5.10 Å². The minimum Gasteiger partial charge on any atom is -0.465 e. The summed E-state index contributed by atoms with van der Waals surface area (Å²) in [5, 5.41) is 23.3. The Balaban J connectivity index is 1.08. The number of amides is 2. The lowest BCUT2D eigenvalue weighted by molar-refractivity contribution is -0.0376. The average Bonchev–Trinajstić information content (AvgIpc) is 3.39. The van der Waals surface area contributed by atoms with Gasteiger partial charge in [0.15, 0.2) is 22.7 Å². The lowest BCUT2D eigenvalue weighted by Gasteiger charge is -2.28. The number of carboxylic acid groups (broad SMARTS) is 1. The van der Waals surface area contributed by atoms with Crippen molar-refractivity contribution in [2.24, 2.45) is 11.8 Å². The van der Waals surface area contributed by atoms with E-state index in [1.54, 1.807) is 39.2 Å². The van der Waals surface area contributed by atoms with Crippen molar-refractivity contribution in [3.8, 4) is 0 Å². The van der Waals surface area contributed by atoms with E-state index in [2.05, 4.69) is 20.4 Å². The predicted molar refractivity (Wildman–Crippen MR) is 209 cm³/mol. The van der Waals surface area contributed by atoms with Gasteiger partial charge in [-0.3, -0.25) is 5.32 Å². The number of pyridine rings is 1. The molecule has 0 radical (unpaired) electrons. The summed E-state index contributed by atoms with van der Waals surface area (Å²) in [6, 6.07) is 13.4. The first-order valence-corrected chi connectivity index (χ1v) is 20.0. The molecule has 0 spiro atoms. The number of halogens is 1. The summed E-state index contributed by atoms with van der Waals surface area (Å²) in [7, 11) is 0. The smallest absolute Gasteiger partial charge is 0.413 e. The van der Waals surface area contributed by atoms with Gasteiger partial charge in [0.2, 0.25) is 0 Å². The van der Waals surface area contributed by atoms with Crippen molar-refractivity contribution < 1.29 is 28.7 Å². The van der Waals surface area contributed by atoms with Gasteiger partial charge in [0.25, 0.3) is 0 Å². The highest BCUT2D eigenvalue weighted by Crippen LogP contribution is 2.64. The molecule has 5 aromatic rings. The van der Waals surface area contributed by atoms with Crippen LogP contribution in [0.3, 0.4) is 0 Å². The number of carbonyl (C=O) groups is 2. The van der Waals surface area contributed by atoms with Gasteiger partial charge in [-0.15, -0.1) is 0 Å². The molecule has 3 fully saturated rings. The molecule has 1 aliphatic carbocycles. The molecule has 2 N–H and O–H groups in total. The van der Waals surface area contributed by atoms with E-state index < -0.39 is 23.2 Å². The molecule has 4 aromatic heterocycles. The van der Waals surface area contributed by atoms with Gasteiger partial charge >= 0.3 is 12.2 Å². The Labute approximate surface area is 333 Å². The number of benzene rings is 1. The van der Waals surface area contributed by atoms with Crippen LogP contribution in [-0.4, -0.2) is 83.9 Å². The number of aromatic nitrogens is 6. The van der Waals surface area contributed by atoms with Gasteiger partial charge < -0.3 is 28.9 Å². The molecular weight excluding hydrogens is 758 g/mol. The molecule has 17 heteroatoms. The third kappa shape index (κ3) is 7.61. The number of hydrogen-bond acceptors (Lipinski definition) is 12. The molecule has 15 nitrogen and oxygen atoms in total. The SMILES string of the molecule is Cc1cc(C2(CN(Cc3ccccc3)C(=O)O)C3CCN(c4cnc5c(Sc6ccnc(NC(=O)OC(C)(C)C)c6Cl)nn(C6CCCCO6)c5n4)CC32)no1. The summed E-state index contributed by atoms with van der Waals surface area (Å²) in [4.78, 5) is 43.9. The van der Waals surface area contributed by atoms with Crippen LogP contribution in [0.5, 0.6) is 0 Å². The lowest BCUT2D eigenvalue weighted by atomic mass is 9.95. The number of ether oxygens (including phenoxy) is 2. The number of nitrogens with one attached hydrogen (secondary N) is 1. The van der Waals surface area contributed by atoms with Crippen LogP contribution in [0.2, 0.25) is 5.02 Å². The first kappa shape index (κ1) is 38.0. The maximum absolute atomic E-state index is 12.7. The molecule has 3 aliphatic rings. The van der Waals surface area contributed by atoms with Crippen LogP contribution in [0.25, 0.3) is 11.2 Å². The van der Waals surface area contributed by atoms with Crippen molar-refractivity contribution in [1.82, 2.24) is 34.8 Å². The van der Waals surface area contributed by atoms with Crippen LogP contribution in [0, 0.1) is 18.8 Å². The number of hydrogen-bond donors (Lipinski definition) is 2. The Kier molecular flexibility index (Phi) is 10.3. The molecule has 4 atom stereocenters. The molecule has 1 saturated carbocycles. The number of carbonyl (C=O) groups excluding carboxylic acids is 1. The zero-order valence-corrected chi connectivity index (χ0v) is 33.2. The molecule has 56 heavy (non-hydrogen) atoms. The third-order valence-corrected chi connectivity index (χ3v) is 12.2. The molecule has 294 valence electrons. The minimum atomic E-state index is -0.972. The van der Waals surface area contributed by atoms with Gasteiger partial charge in [0, 0.05) is 55.4 Å². The second kappa shape index (κ2) is 15.2. The van der Waals surface area contributed by atoms with Crippen molar-refractivity contribution >= 4 is 58.3 Å². The van der Waals surface area contributed by atoms with Crippen LogP contribution in [0.1, 0.15) is 69.7 Å². The topological polar surface area (TPSA) is 174 Å². The molecule has 2 saturated heterocycles. The average molecular weight is 802 g/mol. The molecule has 2 aliphatic heterocycles. The number of anilines is 2. The molecule has 1 aromatic carbocycles. The van der Waals surface area contributed by atoms with Gasteiger partial charge in [-0.05, 0) is 76.8 Å². The third-order valence-electron chi connectivity index (χ3n) is 10.7. The van der Waals surface area contributed by atoms with Crippen molar-refractivity contribution in [3.05, 3.63) is 76.9 Å². The van der Waals surface area contributed by atoms with E-state index in [-0.39, 0.29) is 35.4 Å². The number of rotatable bonds is 10. The lowest BCUT2D eigenvalue weighted by Crippen LogP contribution is -2.38. The highest BCUT2D eigenvalue weighted by molar-refractivity contribution is 7.99. The Hall–Kier alpha value is -4.93. The summed E-state index contributed by atoms with van der Waals surface area (Å²) in [5.74, 6) is 1.90. The Morgan fingerprint density at radius 1 is 1.14 bits per heavy atom. The molecular formula is C39H44ClN9O6S. The Bertz CT molecular complexity index is 2240. The highest BCUT2D eigenvalue weighted by atomic mass is 35.5. The molecule has 6 heterocycles. The van der Waals surface area contributed by atoms with Gasteiger partial charge in [-0.1, -0.05) is 58.9 Å². The molecule has 2 amide bonds. The van der Waals surface area contributed by atoms with Crippen LogP contribution < -0.4 is 10.2 Å². The molecule has 4 unspecified atom stereocenters. The fourth-order valence-electron chi connectivity index (χ4n) is 8.09. The van der Waals surface area contributed by atoms with Crippen LogP contribution >= 0.6 is 23.4 Å². The molecule has 0 bridgehead atoms. The molecule has 8 rings (SSSR count). The van der Waals surface area contributed by atoms with Crippen LogP contribution in [0.15, 0.2) is 69.3 Å². The maximum atomic E-state index is 12.7. The van der Waals surface area contributed by atoms with Crippen molar-refractivity contribution in [3.63, 3.8) is 0 Å². The van der Waals surface area contributed by atoms with E-state index in [9.17, 15) is 14.7 Å². The Morgan fingerprint density at radius 3 is 2.68 bits per heavy atom. The second-order valence-electron chi connectivity index (χ2n) is 15.6. The number of nitrogens with zero attached hydrogens (tertiary/aromatic N) is 8. The normalized spacial score (nSPS) is 22.1. The predicted octanol–water partition coefficient (Wildman–Crippen LogP) is 7.94. The summed E-state index contributed by atoms with van der Waals surface area (Å²) in [6.45, 7) is 9.75. The first-order chi connectivity index (χ1) is 26.9. The largest absolute Gasteiger partial charge is 0.465 e. The van der Waals surface area contributed by atoms with E-state index >= 15 is 0 Å². The van der Waals surface area contributed by atoms with E-state index in [4.69, 9.17) is 40.7 Å². The zero-order chi connectivity index (χ0) is 39.2. The van der Waals surface area contributed by atoms with E-state index in [0.717, 1.165) is 36.9 Å². The van der Waals surface area contributed by atoms with Crippen molar-refractivity contribution in [2.45, 2.75) is 87.1 Å². The number of piperidine rings is 1. The van der Waals surface area contributed by atoms with E-state index in [1.807, 2.05) is 48.0 Å². The summed E-state index contributed by atoms with van der Waals surface area (Å²) < 4.78 is 19.0. The number of aryl methyl sites for hydroxylation is 1. The van der Waals surface area contributed by atoms with Gasteiger partial charge in [0.1, 0.15) is 22.7 Å². The van der Waals surface area contributed by atoms with Crippen molar-refractivity contribution in [1.29, 1.82) is 0 Å². The number of fused-ring (bicyclic) bond motifs is 2. The van der Waals surface area contributed by atoms with Crippen molar-refractivity contribution in [2.75, 3.05) is 36.5 Å². The summed E-state index contributed by atoms with van der Waals surface area (Å²) >= 11 is 8.08. The van der Waals surface area contributed by atoms with Crippen LogP contribution in [-0.2, 0) is 21.4 Å². The highest BCUT2D eigenvalue weighted by Gasteiger charge is 2.68. The fourth-order valence-corrected chi connectivity index (χ4v) is 9.25. The van der Waals surface area contributed by atoms with E-state index in [1.165, 1.54) is 16.7 Å². The first-order valence-electron chi connectivity index (χ1n) is 18.8. The maximum Gasteiger partial charge on any atom is 0.413 e.